The maximum Gasteiger partial charge on any atom is 0.0660 e. The number of allylic oxidation sites excluding steroid dienone is 1. The van der Waals surface area contributed by atoms with E-state index in [9.17, 15) is 0 Å². The molecule has 0 rings (SSSR count). The summed E-state index contributed by atoms with van der Waals surface area (Å²) in [5.41, 5.74) is 0.445. The molecule has 0 saturated carbocycles. The third-order valence-corrected chi connectivity index (χ3v) is 2.04. The van der Waals surface area contributed by atoms with Crippen molar-refractivity contribution in [2.24, 2.45) is 10.8 Å². The Morgan fingerprint density at radius 3 is 2.00 bits per heavy atom. The van der Waals surface area contributed by atoms with E-state index in [1.807, 2.05) is 6.08 Å². The molecule has 0 atom stereocenters. The van der Waals surface area contributed by atoms with Gasteiger partial charge in [-0.2, -0.15) is 0 Å². The van der Waals surface area contributed by atoms with Crippen molar-refractivity contribution >= 4 is 7.85 Å². The molecule has 0 saturated heterocycles. The lowest BCUT2D eigenvalue weighted by Crippen LogP contribution is -2.20. The Bertz CT molecular complexity index is 134. The molecule has 0 aromatic rings. The van der Waals surface area contributed by atoms with E-state index in [1.165, 1.54) is 0 Å². The first-order valence-corrected chi connectivity index (χ1v) is 4.17. The lowest BCUT2D eigenvalue weighted by Gasteiger charge is -2.32. The van der Waals surface area contributed by atoms with Gasteiger partial charge in [0.1, 0.15) is 0 Å². The van der Waals surface area contributed by atoms with Crippen molar-refractivity contribution in [2.75, 3.05) is 0 Å². The molecule has 0 aromatic carbocycles. The highest BCUT2D eigenvalue weighted by Gasteiger charge is 2.24. The van der Waals surface area contributed by atoms with Gasteiger partial charge in [-0.3, -0.25) is 0 Å². The van der Waals surface area contributed by atoms with Gasteiger partial charge in [-0.05, 0) is 17.3 Å². The summed E-state index contributed by atoms with van der Waals surface area (Å²) in [6.07, 6.45) is 3.84. The fraction of sp³-hybridized carbons (Fsp3) is 0.800. The molecule has 0 heterocycles. The highest BCUT2D eigenvalue weighted by atomic mass is 14.3. The summed E-state index contributed by atoms with van der Waals surface area (Å²) in [6.45, 7) is 12.6. The van der Waals surface area contributed by atoms with Gasteiger partial charge >= 0.3 is 0 Å². The molecule has 0 nitrogen and oxygen atoms in total. The van der Waals surface area contributed by atoms with Gasteiger partial charge in [-0.25, -0.2) is 0 Å². The number of hydrogen-bond donors (Lipinski definition) is 0. The molecule has 0 fully saturated rings. The van der Waals surface area contributed by atoms with Crippen LogP contribution in [0.4, 0.5) is 0 Å². The average molecular weight is 150 g/mol. The van der Waals surface area contributed by atoms with Crippen LogP contribution in [0.1, 0.15) is 34.1 Å². The highest BCUT2D eigenvalue weighted by molar-refractivity contribution is 6.08. The molecule has 0 spiro atoms. The van der Waals surface area contributed by atoms with E-state index >= 15 is 0 Å². The highest BCUT2D eigenvalue weighted by Crippen LogP contribution is 2.36. The van der Waals surface area contributed by atoms with E-state index in [0.717, 1.165) is 12.7 Å². The van der Waals surface area contributed by atoms with Crippen molar-refractivity contribution in [2.45, 2.75) is 40.4 Å². The Balaban J connectivity index is 4.12. The SMILES string of the molecule is [B]CC(C)(C)CC(C)(C)C=C. The van der Waals surface area contributed by atoms with Gasteiger partial charge in [0, 0.05) is 0 Å². The van der Waals surface area contributed by atoms with Gasteiger partial charge in [0.2, 0.25) is 0 Å². The summed E-state index contributed by atoms with van der Waals surface area (Å²) in [4.78, 5) is 0. The first kappa shape index (κ1) is 10.8. The van der Waals surface area contributed by atoms with Crippen molar-refractivity contribution in [3.8, 4) is 0 Å². The van der Waals surface area contributed by atoms with Gasteiger partial charge in [0.15, 0.2) is 0 Å². The molecule has 0 aliphatic heterocycles. The summed E-state index contributed by atoms with van der Waals surface area (Å²) in [7, 11) is 5.63. The van der Waals surface area contributed by atoms with Crippen LogP contribution in [0, 0.1) is 10.8 Å². The van der Waals surface area contributed by atoms with E-state index in [1.54, 1.807) is 0 Å². The first-order valence-electron chi connectivity index (χ1n) is 4.17. The predicted molar refractivity (Wildman–Crippen MR) is 52.9 cm³/mol. The third kappa shape index (κ3) is 4.29. The lowest BCUT2D eigenvalue weighted by molar-refractivity contribution is 0.263. The molecule has 0 N–H and O–H groups in total. The first-order chi connectivity index (χ1) is 4.83. The van der Waals surface area contributed by atoms with Gasteiger partial charge in [-0.1, -0.05) is 40.1 Å². The van der Waals surface area contributed by atoms with Gasteiger partial charge in [-0.15, -0.1) is 6.58 Å². The van der Waals surface area contributed by atoms with Crippen LogP contribution in [0.5, 0.6) is 0 Å². The minimum Gasteiger partial charge on any atom is -0.103 e. The molecule has 1 heteroatoms. The fourth-order valence-corrected chi connectivity index (χ4v) is 1.38. The lowest BCUT2D eigenvalue weighted by atomic mass is 9.69. The standard InChI is InChI=1S/C10H19B/c1-6-9(2,3)7-10(4,5)8-11/h6H,1,7-8H2,2-5H3. The predicted octanol–water partition coefficient (Wildman–Crippen LogP) is 3.20. The summed E-state index contributed by atoms with van der Waals surface area (Å²) >= 11 is 0. The zero-order valence-electron chi connectivity index (χ0n) is 8.28. The Morgan fingerprint density at radius 2 is 1.73 bits per heavy atom. The summed E-state index contributed by atoms with van der Waals surface area (Å²) in [5.74, 6) is 0. The molecule has 0 unspecified atom stereocenters. The van der Waals surface area contributed by atoms with Crippen molar-refractivity contribution in [1.29, 1.82) is 0 Å². The van der Waals surface area contributed by atoms with Crippen LogP contribution < -0.4 is 0 Å². The van der Waals surface area contributed by atoms with Crippen molar-refractivity contribution in [3.63, 3.8) is 0 Å². The number of hydrogen-bond acceptors (Lipinski definition) is 0. The van der Waals surface area contributed by atoms with Crippen LogP contribution in [0.2, 0.25) is 6.32 Å². The van der Waals surface area contributed by atoms with Crippen LogP contribution in [-0.4, -0.2) is 7.85 Å². The monoisotopic (exact) mass is 150 g/mol. The molecule has 0 amide bonds. The molecule has 0 aromatic heterocycles. The summed E-state index contributed by atoms with van der Waals surface area (Å²) in [6, 6.07) is 0. The van der Waals surface area contributed by atoms with E-state index < -0.39 is 0 Å². The Hall–Kier alpha value is -0.195. The van der Waals surface area contributed by atoms with Crippen LogP contribution >= 0.6 is 0 Å². The van der Waals surface area contributed by atoms with Crippen LogP contribution in [-0.2, 0) is 0 Å². The van der Waals surface area contributed by atoms with E-state index in [4.69, 9.17) is 7.85 Å². The second-order valence-electron chi connectivity index (χ2n) is 4.74. The third-order valence-electron chi connectivity index (χ3n) is 2.04. The Labute approximate surface area is 72.5 Å². The van der Waals surface area contributed by atoms with Crippen molar-refractivity contribution < 1.29 is 0 Å². The zero-order chi connectivity index (χ0) is 9.12. The van der Waals surface area contributed by atoms with Gasteiger partial charge in [0.05, 0.1) is 7.85 Å². The molecule has 11 heavy (non-hydrogen) atoms. The minimum absolute atomic E-state index is 0.211. The van der Waals surface area contributed by atoms with Gasteiger partial charge in [0.25, 0.3) is 0 Å². The molecular formula is C10H19B. The largest absolute Gasteiger partial charge is 0.103 e. The molecule has 0 bridgehead atoms. The zero-order valence-corrected chi connectivity index (χ0v) is 8.28. The van der Waals surface area contributed by atoms with Crippen molar-refractivity contribution in [1.82, 2.24) is 0 Å². The quantitative estimate of drug-likeness (QED) is 0.426. The minimum atomic E-state index is 0.211. The molecule has 62 valence electrons. The Kier molecular flexibility index (Phi) is 3.41. The number of rotatable bonds is 4. The molecule has 0 aliphatic carbocycles. The Morgan fingerprint density at radius 1 is 1.27 bits per heavy atom. The van der Waals surface area contributed by atoms with Crippen molar-refractivity contribution in [3.05, 3.63) is 12.7 Å². The fourth-order valence-electron chi connectivity index (χ4n) is 1.38. The van der Waals surface area contributed by atoms with Crippen LogP contribution in [0.3, 0.4) is 0 Å². The molecular weight excluding hydrogens is 131 g/mol. The topological polar surface area (TPSA) is 0 Å². The van der Waals surface area contributed by atoms with E-state index in [-0.39, 0.29) is 10.8 Å². The maximum atomic E-state index is 5.63. The summed E-state index contributed by atoms with van der Waals surface area (Å²) in [5, 5.41) is 0. The smallest absolute Gasteiger partial charge is 0.0660 e. The maximum absolute atomic E-state index is 5.63. The van der Waals surface area contributed by atoms with Crippen LogP contribution in [0.15, 0.2) is 12.7 Å². The second kappa shape index (κ2) is 3.47. The van der Waals surface area contributed by atoms with Gasteiger partial charge < -0.3 is 0 Å². The normalized spacial score (nSPS) is 13.1. The molecule has 0 aliphatic rings. The van der Waals surface area contributed by atoms with E-state index in [0.29, 0.717) is 0 Å². The summed E-state index contributed by atoms with van der Waals surface area (Å²) < 4.78 is 0. The average Bonchev–Trinajstić information content (AvgIpc) is 1.86. The second-order valence-corrected chi connectivity index (χ2v) is 4.74. The van der Waals surface area contributed by atoms with E-state index in [2.05, 4.69) is 34.3 Å². The molecule has 2 radical (unpaired) electrons. The van der Waals surface area contributed by atoms with Crippen LogP contribution in [0.25, 0.3) is 0 Å².